The minimum absolute atomic E-state index is 0.0888. The fraction of sp³-hybridized carbons (Fsp3) is 0.450. The third-order valence-corrected chi connectivity index (χ3v) is 5.05. The van der Waals surface area contributed by atoms with Crippen molar-refractivity contribution in [1.82, 2.24) is 14.7 Å². The van der Waals surface area contributed by atoms with E-state index < -0.39 is 0 Å². The molecule has 1 aromatic carbocycles. The molecule has 1 aromatic heterocycles. The van der Waals surface area contributed by atoms with E-state index in [1.165, 1.54) is 0 Å². The van der Waals surface area contributed by atoms with Gasteiger partial charge in [0.1, 0.15) is 0 Å². The topological polar surface area (TPSA) is 64.4 Å². The van der Waals surface area contributed by atoms with Crippen LogP contribution in [0.4, 0.5) is 0 Å². The quantitative estimate of drug-likeness (QED) is 0.734. The molecule has 3 rings (SSSR count). The van der Waals surface area contributed by atoms with Crippen molar-refractivity contribution in [3.05, 3.63) is 46.7 Å². The molecule has 0 radical (unpaired) electrons. The van der Waals surface area contributed by atoms with Crippen molar-refractivity contribution in [3.8, 4) is 5.69 Å². The SMILES string of the molecule is CCOC(=O)[C@H]1CCCN(C(=O)c2cnn(-c3cccc(Cl)c3)c2CC)C1. The molecule has 1 aliphatic rings. The summed E-state index contributed by atoms with van der Waals surface area (Å²) in [6.07, 6.45) is 3.81. The first-order valence-electron chi connectivity index (χ1n) is 9.33. The highest BCUT2D eigenvalue weighted by atomic mass is 35.5. The summed E-state index contributed by atoms with van der Waals surface area (Å²) < 4.78 is 6.88. The number of amides is 1. The average Bonchev–Trinajstić information content (AvgIpc) is 3.11. The number of aromatic nitrogens is 2. The van der Waals surface area contributed by atoms with Crippen LogP contribution in [-0.4, -0.2) is 46.3 Å². The summed E-state index contributed by atoms with van der Waals surface area (Å²) in [7, 11) is 0. The largest absolute Gasteiger partial charge is 0.466 e. The molecule has 1 saturated heterocycles. The first kappa shape index (κ1) is 19.4. The number of nitrogens with zero attached hydrogens (tertiary/aromatic N) is 3. The Labute approximate surface area is 164 Å². The summed E-state index contributed by atoms with van der Waals surface area (Å²) in [6, 6.07) is 7.38. The smallest absolute Gasteiger partial charge is 0.310 e. The minimum Gasteiger partial charge on any atom is -0.466 e. The van der Waals surface area contributed by atoms with Crippen molar-refractivity contribution < 1.29 is 14.3 Å². The van der Waals surface area contributed by atoms with Crippen LogP contribution in [0.1, 0.15) is 42.7 Å². The van der Waals surface area contributed by atoms with E-state index in [1.807, 2.05) is 25.1 Å². The Kier molecular flexibility index (Phi) is 6.16. The molecule has 0 bridgehead atoms. The molecule has 2 heterocycles. The number of hydrogen-bond donors (Lipinski definition) is 0. The third-order valence-electron chi connectivity index (χ3n) is 4.82. The van der Waals surface area contributed by atoms with Gasteiger partial charge in [0.25, 0.3) is 5.91 Å². The van der Waals surface area contributed by atoms with Crippen LogP contribution in [0.5, 0.6) is 0 Å². The van der Waals surface area contributed by atoms with Gasteiger partial charge in [0.05, 0.1) is 35.7 Å². The van der Waals surface area contributed by atoms with Gasteiger partial charge in [-0.1, -0.05) is 24.6 Å². The van der Waals surface area contributed by atoms with Crippen molar-refractivity contribution in [3.63, 3.8) is 0 Å². The summed E-state index contributed by atoms with van der Waals surface area (Å²) in [5.74, 6) is -0.565. The van der Waals surface area contributed by atoms with E-state index in [-0.39, 0.29) is 17.8 Å². The Morgan fingerprint density at radius 1 is 1.33 bits per heavy atom. The van der Waals surface area contributed by atoms with Gasteiger partial charge in [-0.3, -0.25) is 9.59 Å². The zero-order chi connectivity index (χ0) is 19.4. The average molecular weight is 390 g/mol. The minimum atomic E-state index is -0.254. The van der Waals surface area contributed by atoms with Crippen LogP contribution in [0, 0.1) is 5.92 Å². The Hall–Kier alpha value is -2.34. The lowest BCUT2D eigenvalue weighted by Crippen LogP contribution is -2.43. The third kappa shape index (κ3) is 4.16. The van der Waals surface area contributed by atoms with E-state index in [2.05, 4.69) is 5.10 Å². The molecule has 144 valence electrons. The van der Waals surface area contributed by atoms with Gasteiger partial charge in [0.2, 0.25) is 0 Å². The van der Waals surface area contributed by atoms with E-state index in [0.29, 0.717) is 36.7 Å². The molecule has 0 unspecified atom stereocenters. The maximum absolute atomic E-state index is 13.1. The maximum Gasteiger partial charge on any atom is 0.310 e. The summed E-state index contributed by atoms with van der Waals surface area (Å²) >= 11 is 6.09. The van der Waals surface area contributed by atoms with E-state index in [1.54, 1.807) is 28.8 Å². The number of hydrogen-bond acceptors (Lipinski definition) is 4. The molecule has 1 aliphatic heterocycles. The molecule has 27 heavy (non-hydrogen) atoms. The predicted octanol–water partition coefficient (Wildman–Crippen LogP) is 3.50. The van der Waals surface area contributed by atoms with Crippen molar-refractivity contribution >= 4 is 23.5 Å². The van der Waals surface area contributed by atoms with Gasteiger partial charge in [0.15, 0.2) is 0 Å². The second kappa shape index (κ2) is 8.57. The molecule has 6 nitrogen and oxygen atoms in total. The van der Waals surface area contributed by atoms with Gasteiger partial charge < -0.3 is 9.64 Å². The number of rotatable bonds is 5. The fourth-order valence-electron chi connectivity index (χ4n) is 3.51. The van der Waals surface area contributed by atoms with Crippen LogP contribution >= 0.6 is 11.6 Å². The molecule has 0 aliphatic carbocycles. The standard InChI is InChI=1S/C20H24ClN3O3/c1-3-18-17(12-22-24(18)16-9-5-8-15(21)11-16)19(25)23-10-6-7-14(13-23)20(26)27-4-2/h5,8-9,11-12,14H,3-4,6-7,10,13H2,1-2H3/t14-/m0/s1. The van der Waals surface area contributed by atoms with Gasteiger partial charge in [-0.2, -0.15) is 5.10 Å². The zero-order valence-corrected chi connectivity index (χ0v) is 16.4. The zero-order valence-electron chi connectivity index (χ0n) is 15.7. The normalized spacial score (nSPS) is 17.0. The van der Waals surface area contributed by atoms with Gasteiger partial charge in [-0.25, -0.2) is 4.68 Å². The lowest BCUT2D eigenvalue weighted by atomic mass is 9.97. The highest BCUT2D eigenvalue weighted by molar-refractivity contribution is 6.30. The molecule has 7 heteroatoms. The van der Waals surface area contributed by atoms with Crippen molar-refractivity contribution in [1.29, 1.82) is 0 Å². The molecule has 0 N–H and O–H groups in total. The summed E-state index contributed by atoms with van der Waals surface area (Å²) in [5, 5.41) is 5.03. The number of carbonyl (C=O) groups is 2. The molecular formula is C20H24ClN3O3. The highest BCUT2D eigenvalue weighted by Gasteiger charge is 2.31. The molecule has 0 saturated carbocycles. The number of benzene rings is 1. The Morgan fingerprint density at radius 2 is 2.15 bits per heavy atom. The van der Waals surface area contributed by atoms with E-state index in [4.69, 9.17) is 16.3 Å². The van der Waals surface area contributed by atoms with Crippen LogP contribution in [-0.2, 0) is 16.0 Å². The van der Waals surface area contributed by atoms with Crippen molar-refractivity contribution in [2.45, 2.75) is 33.1 Å². The van der Waals surface area contributed by atoms with Gasteiger partial charge >= 0.3 is 5.97 Å². The van der Waals surface area contributed by atoms with Crippen LogP contribution in [0.2, 0.25) is 5.02 Å². The van der Waals surface area contributed by atoms with Crippen LogP contribution in [0.15, 0.2) is 30.5 Å². The lowest BCUT2D eigenvalue weighted by Gasteiger charge is -2.31. The molecule has 1 atom stereocenters. The molecule has 1 amide bonds. The van der Waals surface area contributed by atoms with Crippen molar-refractivity contribution in [2.75, 3.05) is 19.7 Å². The van der Waals surface area contributed by atoms with Crippen LogP contribution in [0.25, 0.3) is 5.69 Å². The lowest BCUT2D eigenvalue weighted by molar-refractivity contribution is -0.149. The van der Waals surface area contributed by atoms with Gasteiger partial charge in [-0.05, 0) is 44.4 Å². The second-order valence-electron chi connectivity index (χ2n) is 6.59. The second-order valence-corrected chi connectivity index (χ2v) is 7.03. The number of carbonyl (C=O) groups excluding carboxylic acids is 2. The number of halogens is 1. The molecule has 0 spiro atoms. The predicted molar refractivity (Wildman–Crippen MR) is 103 cm³/mol. The number of esters is 1. The molecule has 1 fully saturated rings. The first-order chi connectivity index (χ1) is 13.0. The molecular weight excluding hydrogens is 366 g/mol. The van der Waals surface area contributed by atoms with Crippen LogP contribution in [0.3, 0.4) is 0 Å². The van der Waals surface area contributed by atoms with Gasteiger partial charge in [0, 0.05) is 18.1 Å². The Morgan fingerprint density at radius 3 is 2.85 bits per heavy atom. The summed E-state index contributed by atoms with van der Waals surface area (Å²) in [5.41, 5.74) is 2.23. The molecule has 2 aromatic rings. The number of ether oxygens (including phenoxy) is 1. The highest BCUT2D eigenvalue weighted by Crippen LogP contribution is 2.23. The summed E-state index contributed by atoms with van der Waals surface area (Å²) in [4.78, 5) is 26.9. The first-order valence-corrected chi connectivity index (χ1v) is 9.71. The summed E-state index contributed by atoms with van der Waals surface area (Å²) in [6.45, 7) is 5.17. The Bertz CT molecular complexity index is 834. The maximum atomic E-state index is 13.1. The van der Waals surface area contributed by atoms with E-state index in [9.17, 15) is 9.59 Å². The monoisotopic (exact) mass is 389 g/mol. The number of piperidine rings is 1. The number of likely N-dealkylation sites (tertiary alicyclic amines) is 1. The Balaban J connectivity index is 1.84. The van der Waals surface area contributed by atoms with Crippen molar-refractivity contribution in [2.24, 2.45) is 5.92 Å². The fourth-order valence-corrected chi connectivity index (χ4v) is 3.69. The van der Waals surface area contributed by atoms with Crippen LogP contribution < -0.4 is 0 Å². The van der Waals surface area contributed by atoms with E-state index in [0.717, 1.165) is 24.2 Å². The van der Waals surface area contributed by atoms with Gasteiger partial charge in [-0.15, -0.1) is 0 Å². The van der Waals surface area contributed by atoms with E-state index >= 15 is 0 Å².